The van der Waals surface area contributed by atoms with Crippen molar-refractivity contribution in [1.29, 1.82) is 0 Å². The molecule has 2 rings (SSSR count). The Bertz CT molecular complexity index is 377. The SMILES string of the molecule is CC1CCC(NCCOc2ccc(C(C)C)cc2)CC1. The average Bonchev–Trinajstić information content (AvgIpc) is 2.46. The molecule has 0 unspecified atom stereocenters. The molecule has 0 aliphatic heterocycles. The predicted molar refractivity (Wildman–Crippen MR) is 85.4 cm³/mol. The van der Waals surface area contributed by atoms with Gasteiger partial charge in [-0.15, -0.1) is 0 Å². The van der Waals surface area contributed by atoms with E-state index in [0.29, 0.717) is 12.0 Å². The zero-order valence-corrected chi connectivity index (χ0v) is 13.2. The van der Waals surface area contributed by atoms with Crippen LogP contribution in [0.15, 0.2) is 24.3 Å². The summed E-state index contributed by atoms with van der Waals surface area (Å²) in [5.74, 6) is 2.48. The second-order valence-corrected chi connectivity index (χ2v) is 6.48. The van der Waals surface area contributed by atoms with Crippen molar-refractivity contribution < 1.29 is 4.74 Å². The number of ether oxygens (including phenoxy) is 1. The van der Waals surface area contributed by atoms with Gasteiger partial charge >= 0.3 is 0 Å². The van der Waals surface area contributed by atoms with Gasteiger partial charge in [-0.1, -0.05) is 32.9 Å². The smallest absolute Gasteiger partial charge is 0.119 e. The molecular weight excluding hydrogens is 246 g/mol. The predicted octanol–water partition coefficient (Wildman–Crippen LogP) is 4.36. The zero-order chi connectivity index (χ0) is 14.4. The minimum Gasteiger partial charge on any atom is -0.492 e. The lowest BCUT2D eigenvalue weighted by Crippen LogP contribution is -2.35. The number of hydrogen-bond acceptors (Lipinski definition) is 2. The molecule has 0 bridgehead atoms. The first-order valence-electron chi connectivity index (χ1n) is 8.11. The Morgan fingerprint density at radius 1 is 1.10 bits per heavy atom. The Kier molecular flexibility index (Phi) is 5.90. The van der Waals surface area contributed by atoms with Crippen LogP contribution >= 0.6 is 0 Å². The number of hydrogen-bond donors (Lipinski definition) is 1. The minimum atomic E-state index is 0.583. The second-order valence-electron chi connectivity index (χ2n) is 6.48. The van der Waals surface area contributed by atoms with Crippen LogP contribution in [-0.4, -0.2) is 19.2 Å². The quantitative estimate of drug-likeness (QED) is 0.779. The van der Waals surface area contributed by atoms with Crippen LogP contribution in [-0.2, 0) is 0 Å². The number of nitrogens with one attached hydrogen (secondary N) is 1. The van der Waals surface area contributed by atoms with Crippen LogP contribution in [0.5, 0.6) is 5.75 Å². The summed E-state index contributed by atoms with van der Waals surface area (Å²) >= 11 is 0. The third-order valence-electron chi connectivity index (χ3n) is 4.37. The van der Waals surface area contributed by atoms with E-state index in [9.17, 15) is 0 Å². The zero-order valence-electron chi connectivity index (χ0n) is 13.2. The van der Waals surface area contributed by atoms with Crippen molar-refractivity contribution in [2.75, 3.05) is 13.2 Å². The summed E-state index contributed by atoms with van der Waals surface area (Å²) in [5.41, 5.74) is 1.37. The molecule has 1 N–H and O–H groups in total. The lowest BCUT2D eigenvalue weighted by molar-refractivity contribution is 0.270. The Balaban J connectivity index is 1.63. The van der Waals surface area contributed by atoms with Gasteiger partial charge in [0.05, 0.1) is 0 Å². The molecule has 20 heavy (non-hydrogen) atoms. The van der Waals surface area contributed by atoms with E-state index in [-0.39, 0.29) is 0 Å². The fourth-order valence-corrected chi connectivity index (χ4v) is 2.85. The second kappa shape index (κ2) is 7.68. The topological polar surface area (TPSA) is 21.3 Å². The average molecular weight is 275 g/mol. The van der Waals surface area contributed by atoms with Crippen molar-refractivity contribution in [3.8, 4) is 5.75 Å². The van der Waals surface area contributed by atoms with E-state index in [1.165, 1.54) is 31.2 Å². The van der Waals surface area contributed by atoms with E-state index < -0.39 is 0 Å². The first-order valence-corrected chi connectivity index (χ1v) is 8.11. The summed E-state index contributed by atoms with van der Waals surface area (Å²) in [6.07, 6.45) is 5.39. The highest BCUT2D eigenvalue weighted by molar-refractivity contribution is 5.28. The fourth-order valence-electron chi connectivity index (χ4n) is 2.85. The van der Waals surface area contributed by atoms with E-state index >= 15 is 0 Å². The molecule has 1 aliphatic rings. The maximum Gasteiger partial charge on any atom is 0.119 e. The van der Waals surface area contributed by atoms with Gasteiger partial charge in [0.25, 0.3) is 0 Å². The Morgan fingerprint density at radius 3 is 2.35 bits per heavy atom. The summed E-state index contributed by atoms with van der Waals surface area (Å²) in [7, 11) is 0. The summed E-state index contributed by atoms with van der Waals surface area (Å²) in [6, 6.07) is 9.19. The summed E-state index contributed by atoms with van der Waals surface area (Å²) in [5, 5.41) is 3.62. The third kappa shape index (κ3) is 4.82. The molecule has 0 radical (unpaired) electrons. The maximum absolute atomic E-state index is 5.79. The molecule has 0 atom stereocenters. The Hall–Kier alpha value is -1.02. The normalized spacial score (nSPS) is 23.0. The minimum absolute atomic E-state index is 0.583. The van der Waals surface area contributed by atoms with Gasteiger partial charge < -0.3 is 10.1 Å². The van der Waals surface area contributed by atoms with Crippen molar-refractivity contribution >= 4 is 0 Å². The van der Waals surface area contributed by atoms with Crippen LogP contribution < -0.4 is 10.1 Å². The van der Waals surface area contributed by atoms with E-state index in [1.807, 2.05) is 0 Å². The van der Waals surface area contributed by atoms with Gasteiger partial charge in [0.2, 0.25) is 0 Å². The highest BCUT2D eigenvalue weighted by Gasteiger charge is 2.17. The van der Waals surface area contributed by atoms with Gasteiger partial charge in [0, 0.05) is 12.6 Å². The summed E-state index contributed by atoms with van der Waals surface area (Å²) < 4.78 is 5.79. The van der Waals surface area contributed by atoms with Crippen LogP contribution in [0.3, 0.4) is 0 Å². The van der Waals surface area contributed by atoms with Crippen LogP contribution in [0.4, 0.5) is 0 Å². The molecule has 1 aromatic rings. The molecule has 1 aliphatic carbocycles. The first-order chi connectivity index (χ1) is 9.65. The van der Waals surface area contributed by atoms with Crippen LogP contribution in [0.2, 0.25) is 0 Å². The largest absolute Gasteiger partial charge is 0.492 e. The first kappa shape index (κ1) is 15.4. The molecule has 0 spiro atoms. The van der Waals surface area contributed by atoms with E-state index in [2.05, 4.69) is 50.4 Å². The van der Waals surface area contributed by atoms with Gasteiger partial charge in [-0.05, 0) is 55.2 Å². The van der Waals surface area contributed by atoms with Gasteiger partial charge in [0.1, 0.15) is 12.4 Å². The Labute approximate surface area is 123 Å². The third-order valence-corrected chi connectivity index (χ3v) is 4.37. The molecule has 2 nitrogen and oxygen atoms in total. The highest BCUT2D eigenvalue weighted by Crippen LogP contribution is 2.23. The van der Waals surface area contributed by atoms with Gasteiger partial charge in [-0.25, -0.2) is 0 Å². The molecular formula is C18H29NO. The lowest BCUT2D eigenvalue weighted by atomic mass is 9.87. The standard InChI is InChI=1S/C18H29NO/c1-14(2)16-6-10-18(11-7-16)20-13-12-19-17-8-4-15(3)5-9-17/h6-7,10-11,14-15,17,19H,4-5,8-9,12-13H2,1-3H3. The summed E-state index contributed by atoms with van der Waals surface area (Å²) in [4.78, 5) is 0. The summed E-state index contributed by atoms with van der Waals surface area (Å²) in [6.45, 7) is 8.49. The van der Waals surface area contributed by atoms with Gasteiger partial charge in [-0.2, -0.15) is 0 Å². The van der Waals surface area contributed by atoms with Gasteiger partial charge in [-0.3, -0.25) is 0 Å². The maximum atomic E-state index is 5.79. The van der Waals surface area contributed by atoms with Crippen molar-refractivity contribution in [1.82, 2.24) is 5.32 Å². The van der Waals surface area contributed by atoms with E-state index in [1.54, 1.807) is 0 Å². The molecule has 1 aromatic carbocycles. The van der Waals surface area contributed by atoms with Crippen LogP contribution in [0.1, 0.15) is 57.9 Å². The molecule has 0 amide bonds. The highest BCUT2D eigenvalue weighted by atomic mass is 16.5. The molecule has 1 saturated carbocycles. The number of benzene rings is 1. The molecule has 112 valence electrons. The molecule has 0 heterocycles. The fraction of sp³-hybridized carbons (Fsp3) is 0.667. The molecule has 0 aromatic heterocycles. The van der Waals surface area contributed by atoms with Crippen LogP contribution in [0.25, 0.3) is 0 Å². The monoisotopic (exact) mass is 275 g/mol. The van der Waals surface area contributed by atoms with Gasteiger partial charge in [0.15, 0.2) is 0 Å². The molecule has 1 fully saturated rings. The lowest BCUT2D eigenvalue weighted by Gasteiger charge is -2.27. The van der Waals surface area contributed by atoms with Crippen LogP contribution in [0, 0.1) is 5.92 Å². The number of rotatable bonds is 6. The van der Waals surface area contributed by atoms with E-state index in [0.717, 1.165) is 24.8 Å². The van der Waals surface area contributed by atoms with Crippen molar-refractivity contribution in [2.45, 2.75) is 58.4 Å². The Morgan fingerprint density at radius 2 is 1.75 bits per heavy atom. The molecule has 0 saturated heterocycles. The van der Waals surface area contributed by atoms with Crippen molar-refractivity contribution in [2.24, 2.45) is 5.92 Å². The molecule has 2 heteroatoms. The van der Waals surface area contributed by atoms with Crippen molar-refractivity contribution in [3.63, 3.8) is 0 Å². The van der Waals surface area contributed by atoms with E-state index in [4.69, 9.17) is 4.74 Å². The van der Waals surface area contributed by atoms with Crippen molar-refractivity contribution in [3.05, 3.63) is 29.8 Å².